The van der Waals surface area contributed by atoms with E-state index in [0.717, 1.165) is 24.8 Å². The molecule has 0 unspecified atom stereocenters. The average Bonchev–Trinajstić information content (AvgIpc) is 3.16. The van der Waals surface area contributed by atoms with Gasteiger partial charge in [0.25, 0.3) is 5.91 Å². The van der Waals surface area contributed by atoms with Crippen LogP contribution in [0.4, 0.5) is 0 Å². The van der Waals surface area contributed by atoms with Gasteiger partial charge in [-0.25, -0.2) is 0 Å². The zero-order valence-corrected chi connectivity index (χ0v) is 12.4. The molecule has 20 heavy (non-hydrogen) atoms. The first-order valence-electron chi connectivity index (χ1n) is 6.81. The zero-order valence-electron chi connectivity index (χ0n) is 11.6. The van der Waals surface area contributed by atoms with E-state index in [1.165, 1.54) is 0 Å². The van der Waals surface area contributed by atoms with Gasteiger partial charge in [-0.15, -0.1) is 0 Å². The number of hydrogen-bond acceptors (Lipinski definition) is 3. The van der Waals surface area contributed by atoms with Crippen molar-refractivity contribution < 1.29 is 14.6 Å². The first-order valence-corrected chi connectivity index (χ1v) is 7.19. The summed E-state index contributed by atoms with van der Waals surface area (Å²) in [6.45, 7) is 2.68. The Labute approximate surface area is 124 Å². The summed E-state index contributed by atoms with van der Waals surface area (Å²) in [5, 5.41) is 12.5. The van der Waals surface area contributed by atoms with Crippen molar-refractivity contribution in [2.75, 3.05) is 19.8 Å². The van der Waals surface area contributed by atoms with Crippen LogP contribution in [-0.2, 0) is 4.79 Å². The Morgan fingerprint density at radius 3 is 2.85 bits per heavy atom. The summed E-state index contributed by atoms with van der Waals surface area (Å²) in [6.07, 6.45) is 2.90. The maximum atomic E-state index is 11.7. The van der Waals surface area contributed by atoms with Gasteiger partial charge in [0.05, 0.1) is 0 Å². The van der Waals surface area contributed by atoms with Gasteiger partial charge in [0.1, 0.15) is 5.75 Å². The van der Waals surface area contributed by atoms with Crippen LogP contribution < -0.4 is 10.1 Å². The van der Waals surface area contributed by atoms with Crippen LogP contribution in [0.15, 0.2) is 18.2 Å². The molecule has 0 saturated heterocycles. The molecule has 2 rings (SSSR count). The van der Waals surface area contributed by atoms with E-state index < -0.39 is 0 Å². The Hall–Kier alpha value is -1.26. The van der Waals surface area contributed by atoms with Crippen molar-refractivity contribution in [3.63, 3.8) is 0 Å². The number of aryl methyl sites for hydroxylation is 1. The number of aliphatic hydroxyl groups is 1. The molecule has 1 aliphatic rings. The van der Waals surface area contributed by atoms with Gasteiger partial charge in [-0.3, -0.25) is 4.79 Å². The molecule has 0 aromatic heterocycles. The van der Waals surface area contributed by atoms with Crippen molar-refractivity contribution in [3.8, 4) is 5.75 Å². The number of carbonyl (C=O) groups is 1. The van der Waals surface area contributed by atoms with Gasteiger partial charge in [0.15, 0.2) is 6.61 Å². The number of nitrogens with one attached hydrogen (secondary N) is 1. The molecule has 4 nitrogen and oxygen atoms in total. The highest BCUT2D eigenvalue weighted by atomic mass is 35.5. The first-order chi connectivity index (χ1) is 9.54. The molecule has 1 saturated carbocycles. The van der Waals surface area contributed by atoms with E-state index in [1.54, 1.807) is 18.2 Å². The molecule has 0 heterocycles. The number of aliphatic hydroxyl groups excluding tert-OH is 1. The summed E-state index contributed by atoms with van der Waals surface area (Å²) in [5.74, 6) is 0.532. The van der Waals surface area contributed by atoms with Gasteiger partial charge in [0.2, 0.25) is 0 Å². The third-order valence-electron chi connectivity index (χ3n) is 3.76. The number of rotatable bonds is 7. The third kappa shape index (κ3) is 4.12. The lowest BCUT2D eigenvalue weighted by atomic mass is 10.0. The molecule has 0 bridgehead atoms. The van der Waals surface area contributed by atoms with Crippen molar-refractivity contribution in [3.05, 3.63) is 28.8 Å². The number of benzene rings is 1. The molecule has 2 N–H and O–H groups in total. The summed E-state index contributed by atoms with van der Waals surface area (Å²) in [4.78, 5) is 11.7. The molecule has 0 radical (unpaired) electrons. The Morgan fingerprint density at radius 1 is 1.50 bits per heavy atom. The number of ether oxygens (including phenoxy) is 1. The minimum Gasteiger partial charge on any atom is -0.484 e. The van der Waals surface area contributed by atoms with Crippen molar-refractivity contribution in [2.45, 2.75) is 26.2 Å². The fraction of sp³-hybridized carbons (Fsp3) is 0.533. The minimum absolute atomic E-state index is 0.00230. The van der Waals surface area contributed by atoms with Crippen molar-refractivity contribution in [2.24, 2.45) is 5.41 Å². The molecule has 0 spiro atoms. The Morgan fingerprint density at radius 2 is 2.25 bits per heavy atom. The van der Waals surface area contributed by atoms with Crippen LogP contribution >= 0.6 is 11.6 Å². The fourth-order valence-electron chi connectivity index (χ4n) is 2.18. The first kappa shape index (κ1) is 15.1. The van der Waals surface area contributed by atoms with Gasteiger partial charge >= 0.3 is 0 Å². The van der Waals surface area contributed by atoms with Gasteiger partial charge in [0, 0.05) is 18.2 Å². The highest BCUT2D eigenvalue weighted by Gasteiger charge is 2.41. The molecular formula is C15H20ClNO3. The lowest BCUT2D eigenvalue weighted by Crippen LogP contribution is -2.34. The van der Waals surface area contributed by atoms with E-state index in [-0.39, 0.29) is 24.5 Å². The molecule has 1 aliphatic carbocycles. The third-order valence-corrected chi connectivity index (χ3v) is 3.99. The van der Waals surface area contributed by atoms with Crippen LogP contribution in [0.1, 0.15) is 24.8 Å². The average molecular weight is 298 g/mol. The Bertz CT molecular complexity index is 486. The summed E-state index contributed by atoms with van der Waals surface area (Å²) >= 11 is 5.86. The predicted molar refractivity (Wildman–Crippen MR) is 78.1 cm³/mol. The molecule has 0 aliphatic heterocycles. The SMILES string of the molecule is Cc1cc(Cl)ccc1OCC(=O)NCC1(CCO)CC1. The number of carbonyl (C=O) groups excluding carboxylic acids is 1. The van der Waals surface area contributed by atoms with Crippen LogP contribution in [0.5, 0.6) is 5.75 Å². The van der Waals surface area contributed by atoms with Crippen LogP contribution in [0.3, 0.4) is 0 Å². The number of amides is 1. The van der Waals surface area contributed by atoms with E-state index in [2.05, 4.69) is 5.32 Å². The summed E-state index contributed by atoms with van der Waals surface area (Å²) in [5.41, 5.74) is 1.03. The van der Waals surface area contributed by atoms with Crippen molar-refractivity contribution in [1.82, 2.24) is 5.32 Å². The molecule has 5 heteroatoms. The van der Waals surface area contributed by atoms with E-state index in [1.807, 2.05) is 6.92 Å². The lowest BCUT2D eigenvalue weighted by molar-refractivity contribution is -0.123. The van der Waals surface area contributed by atoms with Crippen LogP contribution in [-0.4, -0.2) is 30.8 Å². The van der Waals surface area contributed by atoms with Crippen LogP contribution in [0.25, 0.3) is 0 Å². The summed E-state index contributed by atoms with van der Waals surface area (Å²) < 4.78 is 5.48. The van der Waals surface area contributed by atoms with E-state index >= 15 is 0 Å². The second-order valence-corrected chi connectivity index (χ2v) is 5.89. The lowest BCUT2D eigenvalue weighted by Gasteiger charge is -2.15. The number of hydrogen-bond donors (Lipinski definition) is 2. The van der Waals surface area contributed by atoms with Gasteiger partial charge in [-0.2, -0.15) is 0 Å². The Kier molecular flexibility index (Phi) is 4.89. The quantitative estimate of drug-likeness (QED) is 0.812. The minimum atomic E-state index is -0.136. The van der Waals surface area contributed by atoms with Gasteiger partial charge in [-0.05, 0) is 55.4 Å². The second-order valence-electron chi connectivity index (χ2n) is 5.45. The van der Waals surface area contributed by atoms with Gasteiger partial charge in [-0.1, -0.05) is 11.6 Å². The van der Waals surface area contributed by atoms with Crippen molar-refractivity contribution in [1.29, 1.82) is 0 Å². The van der Waals surface area contributed by atoms with E-state index in [9.17, 15) is 4.79 Å². The standard InChI is InChI=1S/C15H20ClNO3/c1-11-8-12(16)2-3-13(11)20-9-14(19)17-10-15(4-5-15)6-7-18/h2-3,8,18H,4-7,9-10H2,1H3,(H,17,19). The fourth-order valence-corrected chi connectivity index (χ4v) is 2.41. The summed E-state index contributed by atoms with van der Waals surface area (Å²) in [7, 11) is 0. The molecule has 1 aromatic rings. The highest BCUT2D eigenvalue weighted by Crippen LogP contribution is 2.47. The van der Waals surface area contributed by atoms with Crippen LogP contribution in [0, 0.1) is 12.3 Å². The highest BCUT2D eigenvalue weighted by molar-refractivity contribution is 6.30. The van der Waals surface area contributed by atoms with Crippen molar-refractivity contribution >= 4 is 17.5 Å². The van der Waals surface area contributed by atoms with Crippen LogP contribution in [0.2, 0.25) is 5.02 Å². The monoisotopic (exact) mass is 297 g/mol. The van der Waals surface area contributed by atoms with Gasteiger partial charge < -0.3 is 15.2 Å². The van der Waals surface area contributed by atoms with E-state index in [0.29, 0.717) is 17.3 Å². The smallest absolute Gasteiger partial charge is 0.257 e. The molecule has 1 fully saturated rings. The largest absolute Gasteiger partial charge is 0.484 e. The number of halogens is 1. The predicted octanol–water partition coefficient (Wildman–Crippen LogP) is 2.31. The summed E-state index contributed by atoms with van der Waals surface area (Å²) in [6, 6.07) is 5.30. The normalized spacial score (nSPS) is 15.8. The maximum Gasteiger partial charge on any atom is 0.257 e. The second kappa shape index (κ2) is 6.46. The molecule has 1 aromatic carbocycles. The Balaban J connectivity index is 1.75. The topological polar surface area (TPSA) is 58.6 Å². The maximum absolute atomic E-state index is 11.7. The van der Waals surface area contributed by atoms with E-state index in [4.69, 9.17) is 21.4 Å². The molecule has 0 atom stereocenters. The zero-order chi connectivity index (χ0) is 14.6. The molecular weight excluding hydrogens is 278 g/mol. The molecule has 1 amide bonds. The molecule has 110 valence electrons.